The molecule has 176 valence electrons. The quantitative estimate of drug-likeness (QED) is 0.681. The molecule has 5 fully saturated rings. The number of rotatable bonds is 7. The van der Waals surface area contributed by atoms with E-state index in [-0.39, 0.29) is 11.8 Å². The number of carbonyl (C=O) groups excluding carboxylic acids is 2. The minimum atomic E-state index is -0.183. The van der Waals surface area contributed by atoms with Gasteiger partial charge in [-0.25, -0.2) is 4.98 Å². The van der Waals surface area contributed by atoms with Crippen molar-refractivity contribution in [3.63, 3.8) is 0 Å². The number of carbonyl (C=O) groups is 2. The second kappa shape index (κ2) is 8.42. The van der Waals surface area contributed by atoms with Gasteiger partial charge >= 0.3 is 0 Å². The molecule has 2 aromatic heterocycles. The maximum absolute atomic E-state index is 13.2. The molecule has 7 nitrogen and oxygen atoms in total. The zero-order chi connectivity index (χ0) is 22.4. The number of aromatic nitrogens is 2. The van der Waals surface area contributed by atoms with Crippen molar-refractivity contribution in [1.29, 1.82) is 0 Å². The number of nitrogens with one attached hydrogen (secondary N) is 2. The molecule has 4 saturated carbocycles. The fourth-order valence-corrected chi connectivity index (χ4v) is 7.59. The molecule has 1 saturated heterocycles. The molecule has 33 heavy (non-hydrogen) atoms. The van der Waals surface area contributed by atoms with Gasteiger partial charge in [0.25, 0.3) is 11.8 Å². The molecular formula is C26H35N5O2. The van der Waals surface area contributed by atoms with E-state index in [4.69, 9.17) is 0 Å². The predicted octanol–water partition coefficient (Wildman–Crippen LogP) is 3.11. The van der Waals surface area contributed by atoms with Crippen LogP contribution in [0.15, 0.2) is 24.4 Å². The van der Waals surface area contributed by atoms with Crippen molar-refractivity contribution in [1.82, 2.24) is 24.9 Å². The number of amides is 2. The van der Waals surface area contributed by atoms with E-state index in [0.29, 0.717) is 29.0 Å². The third-order valence-corrected chi connectivity index (χ3v) is 8.66. The van der Waals surface area contributed by atoms with E-state index < -0.39 is 0 Å². The van der Waals surface area contributed by atoms with Crippen LogP contribution in [0.3, 0.4) is 0 Å². The average molecular weight is 450 g/mol. The van der Waals surface area contributed by atoms with Crippen molar-refractivity contribution in [3.8, 4) is 0 Å². The van der Waals surface area contributed by atoms with Gasteiger partial charge in [-0.1, -0.05) is 6.07 Å². The highest BCUT2D eigenvalue weighted by molar-refractivity contribution is 5.95. The highest BCUT2D eigenvalue weighted by Gasteiger charge is 2.50. The van der Waals surface area contributed by atoms with E-state index in [2.05, 4.69) is 20.5 Å². The number of nitrogens with zero attached hydrogens (tertiary/aromatic N) is 3. The Kier molecular flexibility index (Phi) is 5.40. The summed E-state index contributed by atoms with van der Waals surface area (Å²) >= 11 is 0. The maximum Gasteiger partial charge on any atom is 0.271 e. The van der Waals surface area contributed by atoms with Crippen molar-refractivity contribution in [3.05, 3.63) is 35.8 Å². The van der Waals surface area contributed by atoms with Crippen LogP contribution in [-0.2, 0) is 0 Å². The van der Waals surface area contributed by atoms with E-state index in [9.17, 15) is 9.59 Å². The number of hydrogen-bond donors (Lipinski definition) is 2. The Morgan fingerprint density at radius 1 is 0.970 bits per heavy atom. The lowest BCUT2D eigenvalue weighted by atomic mass is 9.49. The molecule has 7 heteroatoms. The molecule has 0 aromatic carbocycles. The van der Waals surface area contributed by atoms with Gasteiger partial charge in [0, 0.05) is 25.8 Å². The summed E-state index contributed by atoms with van der Waals surface area (Å²) in [5.41, 5.74) is 1.83. The third kappa shape index (κ3) is 4.16. The minimum absolute atomic E-state index is 0.0743. The van der Waals surface area contributed by atoms with Crippen LogP contribution < -0.4 is 10.6 Å². The summed E-state index contributed by atoms with van der Waals surface area (Å²) in [7, 11) is 0. The van der Waals surface area contributed by atoms with Crippen LogP contribution in [0.4, 0.5) is 0 Å². The average Bonchev–Trinajstić information content (AvgIpc) is 3.46. The molecule has 4 bridgehead atoms. The van der Waals surface area contributed by atoms with Gasteiger partial charge in [-0.05, 0) is 99.8 Å². The monoisotopic (exact) mass is 449 g/mol. The predicted molar refractivity (Wildman–Crippen MR) is 126 cm³/mol. The number of fused-ring (bicyclic) bond motifs is 1. The Morgan fingerprint density at radius 2 is 1.67 bits per heavy atom. The lowest BCUT2D eigenvalue weighted by molar-refractivity contribution is -0.0503. The molecule has 2 aromatic rings. The second-order valence-electron chi connectivity index (χ2n) is 11.2. The zero-order valence-corrected chi connectivity index (χ0v) is 19.4. The first kappa shape index (κ1) is 21.1. The molecule has 7 rings (SSSR count). The number of pyridine rings is 1. The van der Waals surface area contributed by atoms with E-state index in [1.54, 1.807) is 10.6 Å². The Bertz CT molecular complexity index is 1020. The van der Waals surface area contributed by atoms with Gasteiger partial charge in [-0.3, -0.25) is 14.0 Å². The smallest absolute Gasteiger partial charge is 0.271 e. The Labute approximate surface area is 195 Å². The van der Waals surface area contributed by atoms with Crippen LogP contribution >= 0.6 is 0 Å². The highest BCUT2D eigenvalue weighted by Crippen LogP contribution is 2.59. The molecule has 2 N–H and O–H groups in total. The second-order valence-corrected chi connectivity index (χ2v) is 11.2. The first-order chi connectivity index (χ1) is 16.1. The molecular weight excluding hydrogens is 414 g/mol. The summed E-state index contributed by atoms with van der Waals surface area (Å²) in [6.45, 7) is 4.49. The summed E-state index contributed by atoms with van der Waals surface area (Å²) in [6.07, 6.45) is 12.2. The number of imidazole rings is 1. The molecule has 0 atom stereocenters. The molecule has 0 radical (unpaired) electrons. The van der Waals surface area contributed by atoms with Crippen LogP contribution in [0.25, 0.3) is 5.65 Å². The van der Waals surface area contributed by atoms with E-state index in [1.165, 1.54) is 51.4 Å². The van der Waals surface area contributed by atoms with Gasteiger partial charge in [0.2, 0.25) is 0 Å². The number of hydrogen-bond acceptors (Lipinski definition) is 4. The largest absolute Gasteiger partial charge is 0.350 e. The molecule has 2 amide bonds. The van der Waals surface area contributed by atoms with Crippen LogP contribution in [0.5, 0.6) is 0 Å². The van der Waals surface area contributed by atoms with Crippen LogP contribution in [0.1, 0.15) is 72.3 Å². The summed E-state index contributed by atoms with van der Waals surface area (Å²) in [5.74, 6) is 2.36. The topological polar surface area (TPSA) is 78.7 Å². The summed E-state index contributed by atoms with van der Waals surface area (Å²) < 4.78 is 1.75. The summed E-state index contributed by atoms with van der Waals surface area (Å²) in [5, 5.41) is 6.24. The lowest BCUT2D eigenvalue weighted by Crippen LogP contribution is -2.51. The van der Waals surface area contributed by atoms with Crippen molar-refractivity contribution in [2.24, 2.45) is 23.2 Å². The third-order valence-electron chi connectivity index (χ3n) is 8.66. The molecule has 0 unspecified atom stereocenters. The van der Waals surface area contributed by atoms with Crippen LogP contribution in [-0.4, -0.2) is 58.8 Å². The van der Waals surface area contributed by atoms with E-state index in [0.717, 1.165) is 43.9 Å². The number of likely N-dealkylation sites (tertiary alicyclic amines) is 1. The fraction of sp³-hybridized carbons (Fsp3) is 0.654. The Hall–Kier alpha value is -2.41. The van der Waals surface area contributed by atoms with Crippen molar-refractivity contribution >= 4 is 17.5 Å². The van der Waals surface area contributed by atoms with Crippen molar-refractivity contribution < 1.29 is 9.59 Å². The first-order valence-corrected chi connectivity index (χ1v) is 12.8. The molecule has 4 aliphatic carbocycles. The van der Waals surface area contributed by atoms with Gasteiger partial charge < -0.3 is 15.5 Å². The summed E-state index contributed by atoms with van der Waals surface area (Å²) in [4.78, 5) is 32.7. The van der Waals surface area contributed by atoms with Gasteiger partial charge in [-0.15, -0.1) is 0 Å². The van der Waals surface area contributed by atoms with Gasteiger partial charge in [-0.2, -0.15) is 0 Å². The first-order valence-electron chi connectivity index (χ1n) is 12.8. The Morgan fingerprint density at radius 3 is 2.36 bits per heavy atom. The SMILES string of the molecule is O=C(NCCN1CCCC1)c1cn2c(C(=O)NCC34CC5CC(CC(C5)C3)C4)cccc2n1. The normalized spacial score (nSPS) is 30.7. The van der Waals surface area contributed by atoms with Crippen LogP contribution in [0.2, 0.25) is 0 Å². The Balaban J connectivity index is 1.11. The van der Waals surface area contributed by atoms with Gasteiger partial charge in [0.1, 0.15) is 17.0 Å². The molecule has 3 heterocycles. The molecule has 5 aliphatic rings. The fourth-order valence-electron chi connectivity index (χ4n) is 7.59. The van der Waals surface area contributed by atoms with Crippen LogP contribution in [0, 0.1) is 23.2 Å². The van der Waals surface area contributed by atoms with E-state index in [1.807, 2.05) is 18.2 Å². The standard InChI is InChI=1S/C26H35N5O2/c32-24(27-6-9-30-7-1-2-8-30)21-16-31-22(4-3-5-23(31)29-21)25(33)28-17-26-13-18-10-19(14-26)12-20(11-18)15-26/h3-5,16,18-20H,1-2,6-15,17H2,(H,27,32)(H,28,33). The van der Waals surface area contributed by atoms with E-state index >= 15 is 0 Å². The van der Waals surface area contributed by atoms with Gasteiger partial charge in [0.15, 0.2) is 0 Å². The molecule has 1 aliphatic heterocycles. The molecule has 0 spiro atoms. The van der Waals surface area contributed by atoms with Crippen molar-refractivity contribution in [2.45, 2.75) is 51.4 Å². The van der Waals surface area contributed by atoms with Gasteiger partial charge in [0.05, 0.1) is 0 Å². The minimum Gasteiger partial charge on any atom is -0.350 e. The lowest BCUT2D eigenvalue weighted by Gasteiger charge is -2.56. The maximum atomic E-state index is 13.2. The summed E-state index contributed by atoms with van der Waals surface area (Å²) in [6, 6.07) is 5.51. The zero-order valence-electron chi connectivity index (χ0n) is 19.4. The van der Waals surface area contributed by atoms with Crippen molar-refractivity contribution in [2.75, 3.05) is 32.7 Å². The highest BCUT2D eigenvalue weighted by atomic mass is 16.2.